The second-order valence-corrected chi connectivity index (χ2v) is 8.23. The predicted octanol–water partition coefficient (Wildman–Crippen LogP) is 3.51. The lowest BCUT2D eigenvalue weighted by Crippen LogP contribution is -2.38. The third kappa shape index (κ3) is 6.31. The summed E-state index contributed by atoms with van der Waals surface area (Å²) in [6.45, 7) is 3.85. The number of ether oxygens (including phenoxy) is 1. The van der Waals surface area contributed by atoms with Gasteiger partial charge < -0.3 is 20.3 Å². The van der Waals surface area contributed by atoms with E-state index in [0.717, 1.165) is 48.7 Å². The number of anilines is 2. The highest BCUT2D eigenvalue weighted by atomic mass is 16.5. The van der Waals surface area contributed by atoms with Crippen LogP contribution in [0.15, 0.2) is 67.0 Å². The van der Waals surface area contributed by atoms with Crippen molar-refractivity contribution in [2.24, 2.45) is 5.92 Å². The molecule has 8 nitrogen and oxygen atoms in total. The van der Waals surface area contributed by atoms with Gasteiger partial charge in [-0.1, -0.05) is 30.3 Å². The first kappa shape index (κ1) is 23.2. The first-order valence-corrected chi connectivity index (χ1v) is 11.5. The van der Waals surface area contributed by atoms with Crippen molar-refractivity contribution in [1.29, 1.82) is 0 Å². The van der Waals surface area contributed by atoms with E-state index >= 15 is 0 Å². The van der Waals surface area contributed by atoms with Crippen molar-refractivity contribution in [2.45, 2.75) is 19.8 Å². The molecule has 2 aromatic carbocycles. The summed E-state index contributed by atoms with van der Waals surface area (Å²) in [6.07, 6.45) is 3.13. The van der Waals surface area contributed by atoms with Gasteiger partial charge in [-0.25, -0.2) is 9.97 Å². The van der Waals surface area contributed by atoms with Crippen molar-refractivity contribution in [3.63, 3.8) is 0 Å². The number of aromatic nitrogens is 2. The van der Waals surface area contributed by atoms with E-state index in [9.17, 15) is 9.59 Å². The Morgan fingerprint density at radius 1 is 1.03 bits per heavy atom. The Bertz CT molecular complexity index is 1100. The predicted molar refractivity (Wildman–Crippen MR) is 132 cm³/mol. The van der Waals surface area contributed by atoms with Crippen LogP contribution in [0.25, 0.3) is 11.3 Å². The summed E-state index contributed by atoms with van der Waals surface area (Å²) >= 11 is 0. The Kier molecular flexibility index (Phi) is 7.70. The maximum Gasteiger partial charge on any atom is 0.227 e. The van der Waals surface area contributed by atoms with Crippen LogP contribution >= 0.6 is 0 Å². The second-order valence-electron chi connectivity index (χ2n) is 8.23. The van der Waals surface area contributed by atoms with Gasteiger partial charge in [0, 0.05) is 43.2 Å². The van der Waals surface area contributed by atoms with Gasteiger partial charge in [0.15, 0.2) is 0 Å². The number of carbonyl (C=O) groups excluding carboxylic acids is 2. The van der Waals surface area contributed by atoms with Crippen molar-refractivity contribution >= 4 is 23.3 Å². The van der Waals surface area contributed by atoms with E-state index in [-0.39, 0.29) is 17.7 Å². The SMILES string of the molecule is CC(=O)NCCOc1ccc(NC(=O)C2CCN(c3cc(-c4ccccc4)ncn3)CC2)cc1. The molecule has 0 saturated carbocycles. The third-order valence-electron chi connectivity index (χ3n) is 5.78. The molecule has 1 aromatic heterocycles. The lowest BCUT2D eigenvalue weighted by atomic mass is 9.95. The molecule has 2 heterocycles. The maximum atomic E-state index is 12.8. The molecule has 0 radical (unpaired) electrons. The Morgan fingerprint density at radius 3 is 2.47 bits per heavy atom. The molecule has 8 heteroatoms. The standard InChI is InChI=1S/C26H29N5O3/c1-19(32)27-13-16-34-23-9-7-22(8-10-23)30-26(33)21-11-14-31(15-12-21)25-17-24(28-18-29-25)20-5-3-2-4-6-20/h2-10,17-18,21H,11-16H2,1H3,(H,27,32)(H,30,33). The molecule has 0 bridgehead atoms. The summed E-state index contributed by atoms with van der Waals surface area (Å²) in [7, 11) is 0. The number of hydrogen-bond acceptors (Lipinski definition) is 6. The molecule has 1 aliphatic rings. The summed E-state index contributed by atoms with van der Waals surface area (Å²) in [6, 6.07) is 19.3. The minimum absolute atomic E-state index is 0.0339. The molecule has 1 aliphatic heterocycles. The Labute approximate surface area is 199 Å². The highest BCUT2D eigenvalue weighted by Crippen LogP contribution is 2.26. The molecular formula is C26H29N5O3. The number of hydrogen-bond donors (Lipinski definition) is 2. The second kappa shape index (κ2) is 11.3. The van der Waals surface area contributed by atoms with Crippen molar-refractivity contribution < 1.29 is 14.3 Å². The fourth-order valence-corrected chi connectivity index (χ4v) is 3.93. The zero-order chi connectivity index (χ0) is 23.8. The van der Waals surface area contributed by atoms with Crippen LogP contribution in [-0.2, 0) is 9.59 Å². The molecule has 2 amide bonds. The smallest absolute Gasteiger partial charge is 0.227 e. The molecule has 0 spiro atoms. The van der Waals surface area contributed by atoms with E-state index in [1.807, 2.05) is 60.7 Å². The number of nitrogens with one attached hydrogen (secondary N) is 2. The van der Waals surface area contributed by atoms with E-state index in [1.54, 1.807) is 6.33 Å². The van der Waals surface area contributed by atoms with Gasteiger partial charge in [-0.15, -0.1) is 0 Å². The lowest BCUT2D eigenvalue weighted by molar-refractivity contribution is -0.120. The molecule has 0 atom stereocenters. The van der Waals surface area contributed by atoms with E-state index in [4.69, 9.17) is 4.74 Å². The summed E-state index contributed by atoms with van der Waals surface area (Å²) in [5, 5.41) is 5.69. The molecule has 1 fully saturated rings. The molecule has 176 valence electrons. The van der Waals surface area contributed by atoms with Crippen LogP contribution in [0.3, 0.4) is 0 Å². The largest absolute Gasteiger partial charge is 0.492 e. The number of carbonyl (C=O) groups is 2. The van der Waals surface area contributed by atoms with Crippen LogP contribution < -0.4 is 20.3 Å². The fraction of sp³-hybridized carbons (Fsp3) is 0.308. The van der Waals surface area contributed by atoms with Crippen molar-refractivity contribution in [3.05, 3.63) is 67.0 Å². The van der Waals surface area contributed by atoms with E-state index in [2.05, 4.69) is 25.5 Å². The van der Waals surface area contributed by atoms with Crippen LogP contribution in [0.4, 0.5) is 11.5 Å². The molecule has 3 aromatic rings. The molecule has 2 N–H and O–H groups in total. The number of nitrogens with zero attached hydrogens (tertiary/aromatic N) is 3. The van der Waals surface area contributed by atoms with Crippen LogP contribution in [0.2, 0.25) is 0 Å². The normalized spacial score (nSPS) is 13.9. The van der Waals surface area contributed by atoms with E-state index in [1.165, 1.54) is 6.92 Å². The van der Waals surface area contributed by atoms with Crippen molar-refractivity contribution in [3.8, 4) is 17.0 Å². The molecule has 4 rings (SSSR count). The van der Waals surface area contributed by atoms with Gasteiger partial charge in [-0.05, 0) is 37.1 Å². The lowest BCUT2D eigenvalue weighted by Gasteiger charge is -2.32. The molecule has 34 heavy (non-hydrogen) atoms. The summed E-state index contributed by atoms with van der Waals surface area (Å²) in [5.41, 5.74) is 2.70. The summed E-state index contributed by atoms with van der Waals surface area (Å²) in [4.78, 5) is 34.7. The Morgan fingerprint density at radius 2 is 1.76 bits per heavy atom. The topological polar surface area (TPSA) is 96.5 Å². The number of piperidine rings is 1. The van der Waals surface area contributed by atoms with Gasteiger partial charge in [0.25, 0.3) is 0 Å². The monoisotopic (exact) mass is 459 g/mol. The van der Waals surface area contributed by atoms with Crippen molar-refractivity contribution in [2.75, 3.05) is 36.5 Å². The average Bonchev–Trinajstić information content (AvgIpc) is 2.88. The Hall–Kier alpha value is -3.94. The Balaban J connectivity index is 1.26. The molecular weight excluding hydrogens is 430 g/mol. The van der Waals surface area contributed by atoms with Gasteiger partial charge >= 0.3 is 0 Å². The summed E-state index contributed by atoms with van der Waals surface area (Å²) in [5.74, 6) is 1.49. The first-order valence-electron chi connectivity index (χ1n) is 11.5. The average molecular weight is 460 g/mol. The minimum atomic E-state index is -0.0820. The quantitative estimate of drug-likeness (QED) is 0.501. The van der Waals surface area contributed by atoms with Gasteiger partial charge in [-0.3, -0.25) is 9.59 Å². The molecule has 1 saturated heterocycles. The highest BCUT2D eigenvalue weighted by molar-refractivity contribution is 5.92. The minimum Gasteiger partial charge on any atom is -0.492 e. The number of amides is 2. The molecule has 0 unspecified atom stereocenters. The number of benzene rings is 2. The summed E-state index contributed by atoms with van der Waals surface area (Å²) < 4.78 is 5.58. The van der Waals surface area contributed by atoms with Crippen LogP contribution in [0, 0.1) is 5.92 Å². The molecule has 0 aliphatic carbocycles. The van der Waals surface area contributed by atoms with Gasteiger partial charge in [0.1, 0.15) is 24.5 Å². The van der Waals surface area contributed by atoms with Gasteiger partial charge in [0.2, 0.25) is 11.8 Å². The fourth-order valence-electron chi connectivity index (χ4n) is 3.93. The van der Waals surface area contributed by atoms with E-state index < -0.39 is 0 Å². The van der Waals surface area contributed by atoms with Gasteiger partial charge in [0.05, 0.1) is 12.2 Å². The zero-order valence-corrected chi connectivity index (χ0v) is 19.2. The third-order valence-corrected chi connectivity index (χ3v) is 5.78. The van der Waals surface area contributed by atoms with Crippen LogP contribution in [-0.4, -0.2) is 48.0 Å². The maximum absolute atomic E-state index is 12.8. The van der Waals surface area contributed by atoms with E-state index in [0.29, 0.717) is 18.9 Å². The van der Waals surface area contributed by atoms with Gasteiger partial charge in [-0.2, -0.15) is 0 Å². The van der Waals surface area contributed by atoms with Crippen molar-refractivity contribution in [1.82, 2.24) is 15.3 Å². The van der Waals surface area contributed by atoms with Crippen LogP contribution in [0.1, 0.15) is 19.8 Å². The number of rotatable bonds is 8. The van der Waals surface area contributed by atoms with Crippen LogP contribution in [0.5, 0.6) is 5.75 Å². The zero-order valence-electron chi connectivity index (χ0n) is 19.2. The first-order chi connectivity index (χ1) is 16.6. The highest BCUT2D eigenvalue weighted by Gasteiger charge is 2.26.